The lowest BCUT2D eigenvalue weighted by molar-refractivity contribution is 0.0490. The van der Waals surface area contributed by atoms with Crippen LogP contribution in [0.25, 0.3) is 0 Å². The van der Waals surface area contributed by atoms with Crippen LogP contribution < -0.4 is 0 Å². The lowest BCUT2D eigenvalue weighted by Gasteiger charge is -2.12. The molecule has 0 atom stereocenters. The Bertz CT molecular complexity index is 307. The first-order valence-electron chi connectivity index (χ1n) is 4.12. The van der Waals surface area contributed by atoms with Gasteiger partial charge >= 0.3 is 0 Å². The second-order valence-corrected chi connectivity index (χ2v) is 3.56. The van der Waals surface area contributed by atoms with Gasteiger partial charge in [0.15, 0.2) is 5.75 Å². The fourth-order valence-electron chi connectivity index (χ4n) is 1.37. The van der Waals surface area contributed by atoms with Gasteiger partial charge in [0.25, 0.3) is 0 Å². The van der Waals surface area contributed by atoms with Gasteiger partial charge in [-0.25, -0.2) is 8.78 Å². The number of hydrogen-bond donors (Lipinski definition) is 1. The number of hydrogen-bond acceptors (Lipinski definition) is 2. The Kier molecular flexibility index (Phi) is 1.75. The zero-order chi connectivity index (χ0) is 9.47. The Morgan fingerprint density at radius 2 is 2.31 bits per heavy atom. The Morgan fingerprint density at radius 1 is 1.62 bits per heavy atom. The van der Waals surface area contributed by atoms with Crippen molar-refractivity contribution < 1.29 is 13.9 Å². The molecule has 0 aliphatic heterocycles. The van der Waals surface area contributed by atoms with Gasteiger partial charge in [0.05, 0.1) is 24.4 Å². The van der Waals surface area contributed by atoms with Gasteiger partial charge in [0.2, 0.25) is 6.43 Å². The van der Waals surface area contributed by atoms with Crippen LogP contribution in [-0.2, 0) is 6.54 Å². The van der Waals surface area contributed by atoms with Gasteiger partial charge in [-0.1, -0.05) is 0 Å². The van der Waals surface area contributed by atoms with Crippen LogP contribution >= 0.6 is 0 Å². The summed E-state index contributed by atoms with van der Waals surface area (Å²) in [6, 6.07) is 0. The quantitative estimate of drug-likeness (QED) is 0.782. The standard InChI is InChI=1S/C8H10F2N2O/c9-7(10)8(1-2-8)5-12-4-6(13)3-11-12/h3-4,7,13H,1-2,5H2. The van der Waals surface area contributed by atoms with Gasteiger partial charge in [-0.3, -0.25) is 4.68 Å². The van der Waals surface area contributed by atoms with Crippen LogP contribution in [0.3, 0.4) is 0 Å². The lowest BCUT2D eigenvalue weighted by atomic mass is 10.1. The molecule has 0 aromatic carbocycles. The second kappa shape index (κ2) is 2.68. The molecule has 1 heterocycles. The molecule has 1 saturated carbocycles. The van der Waals surface area contributed by atoms with Gasteiger partial charge < -0.3 is 5.11 Å². The predicted molar refractivity (Wildman–Crippen MR) is 41.6 cm³/mol. The minimum atomic E-state index is -2.29. The number of rotatable bonds is 3. The normalized spacial score (nSPS) is 19.3. The lowest BCUT2D eigenvalue weighted by Crippen LogP contribution is -2.19. The molecule has 1 aliphatic rings. The van der Waals surface area contributed by atoms with E-state index in [2.05, 4.69) is 5.10 Å². The summed E-state index contributed by atoms with van der Waals surface area (Å²) in [4.78, 5) is 0. The SMILES string of the molecule is Oc1cnn(CC2(C(F)F)CC2)c1. The van der Waals surface area contributed by atoms with E-state index in [-0.39, 0.29) is 12.3 Å². The maximum Gasteiger partial charge on any atom is 0.245 e. The minimum Gasteiger partial charge on any atom is -0.505 e. The first-order valence-corrected chi connectivity index (χ1v) is 4.12. The molecule has 1 N–H and O–H groups in total. The van der Waals surface area contributed by atoms with Crippen LogP contribution in [0, 0.1) is 5.41 Å². The highest BCUT2D eigenvalue weighted by molar-refractivity contribution is 5.09. The predicted octanol–water partition coefficient (Wildman–Crippen LogP) is 1.63. The van der Waals surface area contributed by atoms with E-state index in [0.29, 0.717) is 12.8 Å². The van der Waals surface area contributed by atoms with E-state index >= 15 is 0 Å². The smallest absolute Gasteiger partial charge is 0.245 e. The Hall–Kier alpha value is -1.13. The first kappa shape index (κ1) is 8.47. The van der Waals surface area contributed by atoms with E-state index in [1.54, 1.807) is 0 Å². The first-order chi connectivity index (χ1) is 6.12. The average Bonchev–Trinajstić information content (AvgIpc) is 2.72. The molecule has 1 fully saturated rings. The van der Waals surface area contributed by atoms with Crippen molar-refractivity contribution in [2.45, 2.75) is 25.8 Å². The van der Waals surface area contributed by atoms with E-state index in [9.17, 15) is 8.78 Å². The molecule has 72 valence electrons. The summed E-state index contributed by atoms with van der Waals surface area (Å²) in [5.41, 5.74) is -0.877. The van der Waals surface area contributed by atoms with Crippen LogP contribution in [0.2, 0.25) is 0 Å². The zero-order valence-electron chi connectivity index (χ0n) is 6.95. The van der Waals surface area contributed by atoms with Crippen molar-refractivity contribution in [2.24, 2.45) is 5.41 Å². The molecule has 3 nitrogen and oxygen atoms in total. The fourth-order valence-corrected chi connectivity index (χ4v) is 1.37. The van der Waals surface area contributed by atoms with E-state index in [0.717, 1.165) is 0 Å². The van der Waals surface area contributed by atoms with Crippen LogP contribution in [0.4, 0.5) is 8.78 Å². The Balaban J connectivity index is 2.06. The largest absolute Gasteiger partial charge is 0.505 e. The zero-order valence-corrected chi connectivity index (χ0v) is 6.95. The number of alkyl halides is 2. The van der Waals surface area contributed by atoms with Gasteiger partial charge in [-0.2, -0.15) is 5.10 Å². The molecule has 1 aromatic heterocycles. The molecule has 0 spiro atoms. The summed E-state index contributed by atoms with van der Waals surface area (Å²) < 4.78 is 26.3. The van der Waals surface area contributed by atoms with Gasteiger partial charge in [0, 0.05) is 0 Å². The number of halogens is 2. The number of aromatic nitrogens is 2. The third-order valence-electron chi connectivity index (χ3n) is 2.45. The van der Waals surface area contributed by atoms with E-state index in [4.69, 9.17) is 5.11 Å². The molecule has 0 radical (unpaired) electrons. The minimum absolute atomic E-state index is 0.0186. The molecule has 0 bridgehead atoms. The molecule has 1 aliphatic carbocycles. The summed E-state index contributed by atoms with van der Waals surface area (Å²) in [5.74, 6) is 0.0186. The average molecular weight is 188 g/mol. The van der Waals surface area contributed by atoms with Gasteiger partial charge in [-0.15, -0.1) is 0 Å². The van der Waals surface area contributed by atoms with Crippen LogP contribution in [0.1, 0.15) is 12.8 Å². The molecular formula is C8H10F2N2O. The Morgan fingerprint density at radius 3 is 2.69 bits per heavy atom. The molecule has 0 unspecified atom stereocenters. The van der Waals surface area contributed by atoms with Crippen LogP contribution in [-0.4, -0.2) is 21.3 Å². The highest BCUT2D eigenvalue weighted by Crippen LogP contribution is 2.51. The highest BCUT2D eigenvalue weighted by Gasteiger charge is 2.51. The maximum atomic E-state index is 12.5. The molecule has 13 heavy (non-hydrogen) atoms. The summed E-state index contributed by atoms with van der Waals surface area (Å²) in [7, 11) is 0. The van der Waals surface area contributed by atoms with Crippen molar-refractivity contribution in [1.82, 2.24) is 9.78 Å². The molecule has 0 amide bonds. The van der Waals surface area contributed by atoms with Crippen molar-refractivity contribution in [3.8, 4) is 5.75 Å². The highest BCUT2D eigenvalue weighted by atomic mass is 19.3. The molecule has 0 saturated heterocycles. The summed E-state index contributed by atoms with van der Waals surface area (Å²) in [5, 5.41) is 12.7. The monoisotopic (exact) mass is 188 g/mol. The van der Waals surface area contributed by atoms with Crippen LogP contribution in [0.5, 0.6) is 5.75 Å². The second-order valence-electron chi connectivity index (χ2n) is 3.56. The maximum absolute atomic E-state index is 12.5. The summed E-state index contributed by atoms with van der Waals surface area (Å²) >= 11 is 0. The van der Waals surface area contributed by atoms with Crippen molar-refractivity contribution in [1.29, 1.82) is 0 Å². The molecule has 1 aromatic rings. The molecule has 2 rings (SSSR count). The topological polar surface area (TPSA) is 38.1 Å². The Labute approximate surface area is 74.0 Å². The van der Waals surface area contributed by atoms with Crippen LogP contribution in [0.15, 0.2) is 12.4 Å². The molecular weight excluding hydrogens is 178 g/mol. The van der Waals surface area contributed by atoms with E-state index < -0.39 is 11.8 Å². The van der Waals surface area contributed by atoms with Gasteiger partial charge in [0.1, 0.15) is 0 Å². The van der Waals surface area contributed by atoms with Crippen molar-refractivity contribution in [3.63, 3.8) is 0 Å². The number of aromatic hydroxyl groups is 1. The summed E-state index contributed by atoms with van der Waals surface area (Å²) in [6.45, 7) is 0.200. The van der Waals surface area contributed by atoms with Crippen molar-refractivity contribution in [2.75, 3.05) is 0 Å². The van der Waals surface area contributed by atoms with Gasteiger partial charge in [-0.05, 0) is 12.8 Å². The summed E-state index contributed by atoms with van der Waals surface area (Å²) in [6.07, 6.45) is 1.42. The third kappa shape index (κ3) is 1.50. The molecule has 5 heteroatoms. The third-order valence-corrected chi connectivity index (χ3v) is 2.45. The fraction of sp³-hybridized carbons (Fsp3) is 0.625. The van der Waals surface area contributed by atoms with Crippen molar-refractivity contribution in [3.05, 3.63) is 12.4 Å². The van der Waals surface area contributed by atoms with Crippen molar-refractivity contribution >= 4 is 0 Å². The number of nitrogens with zero attached hydrogens (tertiary/aromatic N) is 2. The van der Waals surface area contributed by atoms with E-state index in [1.807, 2.05) is 0 Å². The van der Waals surface area contributed by atoms with E-state index in [1.165, 1.54) is 17.1 Å².